The van der Waals surface area contributed by atoms with Crippen molar-refractivity contribution >= 4 is 17.2 Å². The molecule has 0 aliphatic heterocycles. The Hall–Kier alpha value is -2.76. The van der Waals surface area contributed by atoms with Gasteiger partial charge in [-0.15, -0.1) is 0 Å². The normalized spacial score (nSPS) is 9.92. The van der Waals surface area contributed by atoms with Gasteiger partial charge >= 0.3 is 0 Å². The fourth-order valence-corrected chi connectivity index (χ4v) is 2.00. The highest BCUT2D eigenvalue weighted by Gasteiger charge is 2.08. The third-order valence-electron chi connectivity index (χ3n) is 3.26. The smallest absolute Gasteiger partial charge is 0.222 e. The van der Waals surface area contributed by atoms with Crippen LogP contribution in [0.2, 0.25) is 0 Å². The Morgan fingerprint density at radius 1 is 0.958 bits per heavy atom. The number of hydrogen-bond acceptors (Lipinski definition) is 6. The van der Waals surface area contributed by atoms with E-state index in [1.54, 1.807) is 26.4 Å². The van der Waals surface area contributed by atoms with Gasteiger partial charge in [0.15, 0.2) is 0 Å². The van der Waals surface area contributed by atoms with Gasteiger partial charge in [-0.3, -0.25) is 0 Å². The number of nitrogens with zero attached hydrogens (tertiary/aromatic N) is 2. The number of allylic oxidation sites excluding steroid dienone is 1. The highest BCUT2D eigenvalue weighted by molar-refractivity contribution is 5.66. The van der Waals surface area contributed by atoms with Gasteiger partial charge in [-0.2, -0.15) is 9.97 Å². The Kier molecular flexibility index (Phi) is 7.04. The summed E-state index contributed by atoms with van der Waals surface area (Å²) in [6.45, 7) is 9.89. The second-order valence-corrected chi connectivity index (χ2v) is 5.56. The number of aromatic nitrogens is 2. The molecule has 24 heavy (non-hydrogen) atoms. The zero-order chi connectivity index (χ0) is 18.3. The molecule has 6 heteroatoms. The van der Waals surface area contributed by atoms with Gasteiger partial charge in [-0.1, -0.05) is 20.4 Å². The summed E-state index contributed by atoms with van der Waals surface area (Å²) in [6, 6.07) is 7.32. The molecule has 2 rings (SSSR count). The summed E-state index contributed by atoms with van der Waals surface area (Å²) in [5, 5.41) is 0. The molecule has 0 atom stereocenters. The summed E-state index contributed by atoms with van der Waals surface area (Å²) >= 11 is 0. The van der Waals surface area contributed by atoms with Crippen LogP contribution in [-0.2, 0) is 0 Å². The Morgan fingerprint density at radius 2 is 1.46 bits per heavy atom. The van der Waals surface area contributed by atoms with Crippen molar-refractivity contribution in [3.8, 4) is 11.8 Å². The maximum Gasteiger partial charge on any atom is 0.222 e. The van der Waals surface area contributed by atoms with E-state index < -0.39 is 0 Å². The molecule has 130 valence electrons. The van der Waals surface area contributed by atoms with Crippen LogP contribution in [0.4, 0.5) is 11.6 Å². The molecular formula is C18H26N4O2. The molecule has 6 nitrogen and oxygen atoms in total. The van der Waals surface area contributed by atoms with Gasteiger partial charge < -0.3 is 20.9 Å². The van der Waals surface area contributed by atoms with E-state index in [2.05, 4.69) is 30.4 Å². The van der Waals surface area contributed by atoms with Gasteiger partial charge in [0.25, 0.3) is 0 Å². The fourth-order valence-electron chi connectivity index (χ4n) is 2.00. The summed E-state index contributed by atoms with van der Waals surface area (Å²) in [4.78, 5) is 8.08. The van der Waals surface area contributed by atoms with Crippen molar-refractivity contribution in [3.63, 3.8) is 0 Å². The van der Waals surface area contributed by atoms with Crippen LogP contribution >= 0.6 is 0 Å². The van der Waals surface area contributed by atoms with E-state index in [-0.39, 0.29) is 0 Å². The Morgan fingerprint density at radius 3 is 1.92 bits per heavy atom. The molecule has 2 heterocycles. The summed E-state index contributed by atoms with van der Waals surface area (Å²) in [7, 11) is 3.17. The molecule has 4 N–H and O–H groups in total. The highest BCUT2D eigenvalue weighted by atomic mass is 16.5. The minimum atomic E-state index is 0.410. The minimum absolute atomic E-state index is 0.410. The maximum absolute atomic E-state index is 5.51. The molecule has 2 aromatic rings. The van der Waals surface area contributed by atoms with E-state index in [0.29, 0.717) is 29.3 Å². The molecule has 0 amide bonds. The van der Waals surface area contributed by atoms with E-state index in [0.717, 1.165) is 16.7 Å². The first kappa shape index (κ1) is 19.3. The Balaban J connectivity index is 0.000000240. The average Bonchev–Trinajstić information content (AvgIpc) is 2.54. The van der Waals surface area contributed by atoms with Crippen LogP contribution < -0.4 is 20.9 Å². The van der Waals surface area contributed by atoms with E-state index in [4.69, 9.17) is 20.9 Å². The largest absolute Gasteiger partial charge is 0.481 e. The number of methoxy groups -OCH3 is 2. The molecule has 0 bridgehead atoms. The number of ether oxygens (including phenoxy) is 2. The fraction of sp³-hybridized carbons (Fsp3) is 0.333. The molecular weight excluding hydrogens is 304 g/mol. The number of hydrogen-bond donors (Lipinski definition) is 2. The number of rotatable bonds is 4. The van der Waals surface area contributed by atoms with Crippen molar-refractivity contribution in [1.29, 1.82) is 0 Å². The van der Waals surface area contributed by atoms with E-state index in [1.807, 2.05) is 19.1 Å². The van der Waals surface area contributed by atoms with E-state index >= 15 is 0 Å². The second kappa shape index (κ2) is 8.76. The van der Waals surface area contributed by atoms with Gasteiger partial charge in [0, 0.05) is 11.1 Å². The van der Waals surface area contributed by atoms with E-state index in [1.165, 1.54) is 0 Å². The van der Waals surface area contributed by atoms with Crippen molar-refractivity contribution in [2.24, 2.45) is 0 Å². The highest BCUT2D eigenvalue weighted by Crippen LogP contribution is 2.24. The lowest BCUT2D eigenvalue weighted by atomic mass is 10.1. The number of nitrogen functional groups attached to an aromatic ring is 2. The molecule has 0 aromatic carbocycles. The van der Waals surface area contributed by atoms with Crippen molar-refractivity contribution in [3.05, 3.63) is 42.0 Å². The molecule has 0 aliphatic carbocycles. The quantitative estimate of drug-likeness (QED) is 0.890. The lowest BCUT2D eigenvalue weighted by Crippen LogP contribution is -1.99. The van der Waals surface area contributed by atoms with Crippen LogP contribution in [-0.4, -0.2) is 24.2 Å². The van der Waals surface area contributed by atoms with Gasteiger partial charge in [0.1, 0.15) is 11.6 Å². The predicted molar refractivity (Wildman–Crippen MR) is 99.2 cm³/mol. The molecule has 2 aromatic heterocycles. The molecule has 0 aliphatic rings. The first-order chi connectivity index (χ1) is 11.3. The van der Waals surface area contributed by atoms with Crippen LogP contribution in [0.25, 0.3) is 5.57 Å². The molecule has 0 radical (unpaired) electrons. The SMILES string of the molecule is C=C(C)c1ccc(N)nc1OC.COc1nc(N)ccc1C(C)C. The second-order valence-electron chi connectivity index (χ2n) is 5.56. The number of pyridine rings is 2. The van der Waals surface area contributed by atoms with E-state index in [9.17, 15) is 0 Å². The van der Waals surface area contributed by atoms with Crippen molar-refractivity contribution in [2.45, 2.75) is 26.7 Å². The average molecular weight is 330 g/mol. The Labute approximate surface area is 143 Å². The van der Waals surface area contributed by atoms with Crippen molar-refractivity contribution in [2.75, 3.05) is 25.7 Å². The standard InChI is InChI=1S/C9H14N2O.C9H12N2O/c2*1-6(2)7-4-5-8(10)11-9(7)12-3/h4-6H,1-3H3,(H2,10,11);4-5H,1H2,2-3H3,(H2,10,11). The van der Waals surface area contributed by atoms with Crippen LogP contribution in [0.15, 0.2) is 30.8 Å². The third kappa shape index (κ3) is 5.15. The first-order valence-corrected chi connectivity index (χ1v) is 7.56. The van der Waals surface area contributed by atoms with Crippen LogP contribution in [0, 0.1) is 0 Å². The molecule has 0 unspecified atom stereocenters. The van der Waals surface area contributed by atoms with Gasteiger partial charge in [-0.25, -0.2) is 0 Å². The lowest BCUT2D eigenvalue weighted by molar-refractivity contribution is 0.391. The molecule has 0 spiro atoms. The van der Waals surface area contributed by atoms with Gasteiger partial charge in [0.05, 0.1) is 14.2 Å². The van der Waals surface area contributed by atoms with Gasteiger partial charge in [-0.05, 0) is 42.7 Å². The Bertz CT molecular complexity index is 699. The first-order valence-electron chi connectivity index (χ1n) is 7.56. The third-order valence-corrected chi connectivity index (χ3v) is 3.26. The maximum atomic E-state index is 5.51. The summed E-state index contributed by atoms with van der Waals surface area (Å²) in [5.74, 6) is 2.52. The van der Waals surface area contributed by atoms with Crippen molar-refractivity contribution < 1.29 is 9.47 Å². The summed E-state index contributed by atoms with van der Waals surface area (Å²) in [5.41, 5.74) is 13.9. The zero-order valence-corrected chi connectivity index (χ0v) is 15.0. The molecule has 0 fully saturated rings. The predicted octanol–water partition coefficient (Wildman–Crippen LogP) is 3.50. The van der Waals surface area contributed by atoms with Crippen LogP contribution in [0.1, 0.15) is 37.8 Å². The molecule has 0 saturated heterocycles. The summed E-state index contributed by atoms with van der Waals surface area (Å²) < 4.78 is 10.1. The number of anilines is 2. The zero-order valence-electron chi connectivity index (χ0n) is 15.0. The summed E-state index contributed by atoms with van der Waals surface area (Å²) in [6.07, 6.45) is 0. The van der Waals surface area contributed by atoms with Gasteiger partial charge in [0.2, 0.25) is 11.8 Å². The topological polar surface area (TPSA) is 96.3 Å². The molecule has 0 saturated carbocycles. The van der Waals surface area contributed by atoms with Crippen LogP contribution in [0.5, 0.6) is 11.8 Å². The van der Waals surface area contributed by atoms with Crippen LogP contribution in [0.3, 0.4) is 0 Å². The van der Waals surface area contributed by atoms with Crippen molar-refractivity contribution in [1.82, 2.24) is 9.97 Å². The lowest BCUT2D eigenvalue weighted by Gasteiger charge is -2.10. The monoisotopic (exact) mass is 330 g/mol. The number of nitrogens with two attached hydrogens (primary N) is 2. The minimum Gasteiger partial charge on any atom is -0.481 e.